The molecule has 0 N–H and O–H groups in total. The summed E-state index contributed by atoms with van der Waals surface area (Å²) in [6.07, 6.45) is 1.23. The van der Waals surface area contributed by atoms with E-state index in [2.05, 4.69) is 10.2 Å². The number of nitrogens with zero attached hydrogens (tertiary/aromatic N) is 3. The lowest BCUT2D eigenvalue weighted by Crippen LogP contribution is -2.30. The average molecular weight is 401 g/mol. The largest absolute Gasteiger partial charge is 0.423 e. The van der Waals surface area contributed by atoms with Crippen molar-refractivity contribution in [2.45, 2.75) is 18.7 Å². The molecule has 0 saturated heterocycles. The summed E-state index contributed by atoms with van der Waals surface area (Å²) in [5.74, 6) is 0.119. The molecule has 0 aliphatic rings. The first kappa shape index (κ1) is 19.7. The van der Waals surface area contributed by atoms with Crippen LogP contribution in [0.25, 0.3) is 11.5 Å². The van der Waals surface area contributed by atoms with Gasteiger partial charge in [0.2, 0.25) is 22.3 Å². The fourth-order valence-corrected chi connectivity index (χ4v) is 4.06. The highest BCUT2D eigenvalue weighted by Gasteiger charge is 2.22. The number of hydrogen-bond donors (Lipinski definition) is 0. The first-order valence-corrected chi connectivity index (χ1v) is 10.1. The van der Waals surface area contributed by atoms with E-state index in [1.54, 1.807) is 38.1 Å². The second-order valence-corrected chi connectivity index (χ2v) is 7.71. The molecule has 0 atom stereocenters. The van der Waals surface area contributed by atoms with Gasteiger partial charge in [0.25, 0.3) is 0 Å². The van der Waals surface area contributed by atoms with Gasteiger partial charge in [-0.2, -0.15) is 4.31 Å². The van der Waals surface area contributed by atoms with Crippen LogP contribution in [-0.4, -0.2) is 42.0 Å². The maximum Gasteiger partial charge on any atom is 0.343 e. The molecule has 0 saturated carbocycles. The summed E-state index contributed by atoms with van der Waals surface area (Å²) < 4.78 is 36.8. The minimum Gasteiger partial charge on any atom is -0.423 e. The number of hydrogen-bond acceptors (Lipinski definition) is 7. The Morgan fingerprint density at radius 2 is 1.68 bits per heavy atom. The van der Waals surface area contributed by atoms with Crippen molar-refractivity contribution in [1.82, 2.24) is 14.5 Å². The van der Waals surface area contributed by atoms with Crippen molar-refractivity contribution >= 4 is 16.0 Å². The molecule has 0 spiro atoms. The predicted molar refractivity (Wildman–Crippen MR) is 101 cm³/mol. The normalized spacial score (nSPS) is 11.5. The Hall–Kier alpha value is -3.04. The lowest BCUT2D eigenvalue weighted by molar-refractivity contribution is 0.0734. The summed E-state index contributed by atoms with van der Waals surface area (Å²) in [6.45, 7) is 4.30. The molecule has 3 rings (SSSR count). The summed E-state index contributed by atoms with van der Waals surface area (Å²) in [6, 6.07) is 12.3. The number of benzene rings is 2. The van der Waals surface area contributed by atoms with Crippen molar-refractivity contribution in [3.63, 3.8) is 0 Å². The highest BCUT2D eigenvalue weighted by atomic mass is 32.2. The Labute approximate surface area is 162 Å². The van der Waals surface area contributed by atoms with Gasteiger partial charge in [0.1, 0.15) is 5.75 Å². The molecule has 146 valence electrons. The molecule has 8 nitrogen and oxygen atoms in total. The standard InChI is InChI=1S/C19H19N3O5S/c1-3-22(4-2)28(24,25)17-11-7-15(8-12-17)19(23)27-16-9-5-14(6-10-16)18-21-20-13-26-18/h5-13H,3-4H2,1-2H3. The van der Waals surface area contributed by atoms with E-state index in [0.717, 1.165) is 0 Å². The first-order valence-electron chi connectivity index (χ1n) is 8.64. The fraction of sp³-hybridized carbons (Fsp3) is 0.211. The van der Waals surface area contributed by atoms with Gasteiger partial charge in [-0.05, 0) is 48.5 Å². The number of ether oxygens (including phenoxy) is 1. The van der Waals surface area contributed by atoms with Crippen molar-refractivity contribution < 1.29 is 22.4 Å². The average Bonchev–Trinajstić information content (AvgIpc) is 3.24. The summed E-state index contributed by atoms with van der Waals surface area (Å²) in [5.41, 5.74) is 0.947. The molecule has 2 aromatic carbocycles. The van der Waals surface area contributed by atoms with E-state index in [9.17, 15) is 13.2 Å². The van der Waals surface area contributed by atoms with Crippen LogP contribution in [0.15, 0.2) is 64.2 Å². The van der Waals surface area contributed by atoms with Gasteiger partial charge < -0.3 is 9.15 Å². The zero-order valence-electron chi connectivity index (χ0n) is 15.4. The molecule has 0 bridgehead atoms. The van der Waals surface area contributed by atoms with Crippen LogP contribution in [0.4, 0.5) is 0 Å². The highest BCUT2D eigenvalue weighted by molar-refractivity contribution is 7.89. The van der Waals surface area contributed by atoms with E-state index in [-0.39, 0.29) is 10.5 Å². The Bertz CT molecular complexity index is 1030. The Morgan fingerprint density at radius 3 is 2.21 bits per heavy atom. The fourth-order valence-electron chi connectivity index (χ4n) is 2.61. The van der Waals surface area contributed by atoms with Crippen LogP contribution in [0.2, 0.25) is 0 Å². The van der Waals surface area contributed by atoms with Gasteiger partial charge in [-0.25, -0.2) is 13.2 Å². The Kier molecular flexibility index (Phi) is 5.86. The van der Waals surface area contributed by atoms with Crippen molar-refractivity contribution in [3.8, 4) is 17.2 Å². The third-order valence-electron chi connectivity index (χ3n) is 4.11. The lowest BCUT2D eigenvalue weighted by atomic mass is 10.2. The molecule has 0 amide bonds. The molecule has 0 aliphatic carbocycles. The monoisotopic (exact) mass is 401 g/mol. The van der Waals surface area contributed by atoms with Gasteiger partial charge in [-0.15, -0.1) is 10.2 Å². The third-order valence-corrected chi connectivity index (χ3v) is 6.17. The van der Waals surface area contributed by atoms with E-state index >= 15 is 0 Å². The second-order valence-electron chi connectivity index (χ2n) is 5.77. The molecule has 0 radical (unpaired) electrons. The highest BCUT2D eigenvalue weighted by Crippen LogP contribution is 2.21. The minimum atomic E-state index is -3.57. The lowest BCUT2D eigenvalue weighted by Gasteiger charge is -2.18. The molecule has 9 heteroatoms. The molecular weight excluding hydrogens is 382 g/mol. The van der Waals surface area contributed by atoms with Crippen LogP contribution in [0, 0.1) is 0 Å². The number of esters is 1. The van der Waals surface area contributed by atoms with E-state index in [4.69, 9.17) is 9.15 Å². The first-order chi connectivity index (χ1) is 13.5. The Balaban J connectivity index is 1.71. The van der Waals surface area contributed by atoms with Crippen LogP contribution in [-0.2, 0) is 10.0 Å². The van der Waals surface area contributed by atoms with Gasteiger partial charge in [0, 0.05) is 18.7 Å². The molecular formula is C19H19N3O5S. The Morgan fingerprint density at radius 1 is 1.04 bits per heavy atom. The topological polar surface area (TPSA) is 103 Å². The van der Waals surface area contributed by atoms with Crippen LogP contribution in [0.3, 0.4) is 0 Å². The number of carbonyl (C=O) groups excluding carboxylic acids is 1. The summed E-state index contributed by atoms with van der Waals surface area (Å²) in [7, 11) is -3.57. The maximum atomic E-state index is 12.5. The number of carbonyl (C=O) groups is 1. The minimum absolute atomic E-state index is 0.136. The van der Waals surface area contributed by atoms with Crippen molar-refractivity contribution in [3.05, 3.63) is 60.5 Å². The number of rotatable bonds is 7. The second kappa shape index (κ2) is 8.32. The van der Waals surface area contributed by atoms with Crippen LogP contribution < -0.4 is 4.74 Å². The molecule has 1 heterocycles. The maximum absolute atomic E-state index is 12.5. The van der Waals surface area contributed by atoms with Gasteiger partial charge in [0.05, 0.1) is 10.5 Å². The van der Waals surface area contributed by atoms with E-state index in [0.29, 0.717) is 30.3 Å². The molecule has 28 heavy (non-hydrogen) atoms. The summed E-state index contributed by atoms with van der Waals surface area (Å²) in [4.78, 5) is 12.4. The molecule has 3 aromatic rings. The zero-order chi connectivity index (χ0) is 20.1. The van der Waals surface area contributed by atoms with Gasteiger partial charge >= 0.3 is 5.97 Å². The summed E-state index contributed by atoms with van der Waals surface area (Å²) in [5, 5.41) is 7.41. The van der Waals surface area contributed by atoms with E-state index < -0.39 is 16.0 Å². The number of sulfonamides is 1. The van der Waals surface area contributed by atoms with E-state index in [1.165, 1.54) is 35.0 Å². The zero-order valence-corrected chi connectivity index (χ0v) is 16.2. The van der Waals surface area contributed by atoms with Gasteiger partial charge in [-0.1, -0.05) is 13.8 Å². The number of aromatic nitrogens is 2. The van der Waals surface area contributed by atoms with Crippen LogP contribution in [0.5, 0.6) is 5.75 Å². The SMILES string of the molecule is CCN(CC)S(=O)(=O)c1ccc(C(=O)Oc2ccc(-c3nnco3)cc2)cc1. The van der Waals surface area contributed by atoms with Crippen molar-refractivity contribution in [2.75, 3.05) is 13.1 Å². The van der Waals surface area contributed by atoms with Crippen molar-refractivity contribution in [1.29, 1.82) is 0 Å². The summed E-state index contributed by atoms with van der Waals surface area (Å²) >= 11 is 0. The quantitative estimate of drug-likeness (QED) is 0.443. The molecule has 0 fully saturated rings. The molecule has 0 aliphatic heterocycles. The van der Waals surface area contributed by atoms with E-state index in [1.807, 2.05) is 0 Å². The van der Waals surface area contributed by atoms with Crippen LogP contribution in [0.1, 0.15) is 24.2 Å². The van der Waals surface area contributed by atoms with Crippen LogP contribution >= 0.6 is 0 Å². The van der Waals surface area contributed by atoms with Crippen molar-refractivity contribution in [2.24, 2.45) is 0 Å². The van der Waals surface area contributed by atoms with Gasteiger partial charge in [0.15, 0.2) is 0 Å². The smallest absolute Gasteiger partial charge is 0.343 e. The predicted octanol–water partition coefficient (Wildman–Crippen LogP) is 2.99. The van der Waals surface area contributed by atoms with Gasteiger partial charge in [-0.3, -0.25) is 0 Å². The molecule has 1 aromatic heterocycles. The molecule has 0 unspecified atom stereocenters. The third kappa shape index (κ3) is 4.10.